The molecule has 5 heterocycles. The summed E-state index contributed by atoms with van der Waals surface area (Å²) in [5.74, 6) is 1.90. The monoisotopic (exact) mass is 1090 g/mol. The first kappa shape index (κ1) is 51.8. The van der Waals surface area contributed by atoms with Crippen molar-refractivity contribution < 1.29 is 55.1 Å². The largest absolute Gasteiger partial charge is 0.512 e. The summed E-state index contributed by atoms with van der Waals surface area (Å²) in [5, 5.41) is 22.8. The summed E-state index contributed by atoms with van der Waals surface area (Å²) in [7, 11) is 2.94. The van der Waals surface area contributed by atoms with Gasteiger partial charge in [0, 0.05) is 108 Å². The molecule has 9 rings (SSSR count). The quantitative estimate of drug-likeness (QED) is 0.0905. The van der Waals surface area contributed by atoms with Gasteiger partial charge in [-0.05, 0) is 49.2 Å². The average Bonchev–Trinajstić information content (AvgIpc) is 4.04. The van der Waals surface area contributed by atoms with Gasteiger partial charge >= 0.3 is 0 Å². The van der Waals surface area contributed by atoms with Crippen LogP contribution in [0.1, 0.15) is 69.2 Å². The number of aromatic nitrogens is 8. The van der Waals surface area contributed by atoms with E-state index in [0.29, 0.717) is 45.9 Å². The van der Waals surface area contributed by atoms with Crippen molar-refractivity contribution >= 4 is 55.7 Å². The molecule has 0 amide bonds. The molecule has 15 heteroatoms. The van der Waals surface area contributed by atoms with E-state index < -0.39 is 22.0 Å². The zero-order chi connectivity index (χ0) is 49.3. The number of allylic oxidation sites excluding steroid dienone is 2. The molecule has 14 nitrogen and oxygen atoms in total. The Morgan fingerprint density at radius 2 is 0.667 bits per heavy atom. The van der Waals surface area contributed by atoms with E-state index in [0.717, 1.165) is 43.8 Å². The molecule has 2 aliphatic rings. The molecule has 69 heavy (non-hydrogen) atoms. The van der Waals surface area contributed by atoms with Crippen LogP contribution in [0, 0.1) is 10.8 Å². The number of ketones is 2. The van der Waals surface area contributed by atoms with Gasteiger partial charge in [0.05, 0.1) is 23.3 Å². The number of carbonyl (C=O) groups is 2. The van der Waals surface area contributed by atoms with Gasteiger partial charge in [-0.3, -0.25) is 9.59 Å². The number of nitrogens with zero attached hydrogens (tertiary/aromatic N) is 8. The van der Waals surface area contributed by atoms with Crippen molar-refractivity contribution in [1.82, 2.24) is 39.9 Å². The summed E-state index contributed by atoms with van der Waals surface area (Å²) in [4.78, 5) is 62.5. The molecule has 2 aliphatic heterocycles. The molecular formula is C54H56HfN8O6-2. The zero-order valence-corrected chi connectivity index (χ0v) is 44.6. The van der Waals surface area contributed by atoms with Crippen molar-refractivity contribution in [1.29, 1.82) is 0 Å². The minimum atomic E-state index is -0.876. The third kappa shape index (κ3) is 11.2. The van der Waals surface area contributed by atoms with Crippen molar-refractivity contribution in [3.63, 3.8) is 0 Å². The molecule has 0 spiro atoms. The Labute approximate surface area is 420 Å². The van der Waals surface area contributed by atoms with Crippen LogP contribution in [0.2, 0.25) is 0 Å². The standard InChI is InChI=1S/C32H16N8.2C11H20O3.Hf/c1-2-10-18-17(9-1)25-33-26(18)38-28-21-13-5-6-14-22(21)30(35-28)40-32-24-16-8-7-15-23(24)31(36-32)39-29-20-12-4-3-11-19(20)27(34-29)37-25;2*1-10(2,3)8(12)7-9(13)11(4,5)14-6;/h1-16H;2*7,12H,1-6H3;/q-2;;;/b;2*8-7-;. The minimum absolute atomic E-state index is 0. The van der Waals surface area contributed by atoms with Crippen LogP contribution in [0.3, 0.4) is 0 Å². The number of hydrogen-bond acceptors (Lipinski definition) is 12. The van der Waals surface area contributed by atoms with Gasteiger partial charge in [-0.1, -0.05) is 139 Å². The first-order valence-corrected chi connectivity index (χ1v) is 22.1. The van der Waals surface area contributed by atoms with Crippen LogP contribution in [0.15, 0.2) is 121 Å². The summed E-state index contributed by atoms with van der Waals surface area (Å²) in [6.07, 6.45) is 2.48. The maximum atomic E-state index is 11.6. The Hall–Kier alpha value is -6.55. The van der Waals surface area contributed by atoms with Gasteiger partial charge in [-0.2, -0.15) is 0 Å². The SMILES string of the molecule is COC(C)(C)C(=O)/C=C(\O)C(C)(C)C.COC(C)(C)C(=O)/C=C(\O)C(C)(C)C.[Hf].c1ccc2c(c1)-c1nc-2nc2[n-]c(nc3nc(nc4[n-]c(n1)c1ccccc41)-c1ccccc1-3)c1ccccc21. The van der Waals surface area contributed by atoms with E-state index in [1.54, 1.807) is 27.7 Å². The molecule has 2 N–H and O–H groups in total. The summed E-state index contributed by atoms with van der Waals surface area (Å²) in [6, 6.07) is 31.8. The molecule has 0 atom stereocenters. The van der Waals surface area contributed by atoms with E-state index >= 15 is 0 Å². The fraction of sp³-hybridized carbons (Fsp3) is 0.296. The molecule has 0 aliphatic carbocycles. The van der Waals surface area contributed by atoms with Gasteiger partial charge < -0.3 is 49.6 Å². The minimum Gasteiger partial charge on any atom is -0.512 e. The number of aliphatic hydroxyl groups is 2. The van der Waals surface area contributed by atoms with Crippen molar-refractivity contribution in [2.45, 2.75) is 80.4 Å². The average molecular weight is 1090 g/mol. The van der Waals surface area contributed by atoms with Crippen molar-refractivity contribution in [3.05, 3.63) is 121 Å². The third-order valence-electron chi connectivity index (χ3n) is 11.6. The Morgan fingerprint density at radius 3 is 0.884 bits per heavy atom. The molecule has 3 aromatic heterocycles. The van der Waals surface area contributed by atoms with Crippen molar-refractivity contribution in [2.24, 2.45) is 10.8 Å². The molecule has 0 saturated heterocycles. The van der Waals surface area contributed by atoms with Crippen LogP contribution in [0.4, 0.5) is 0 Å². The second-order valence-electron chi connectivity index (χ2n) is 19.4. The molecule has 0 saturated carbocycles. The van der Waals surface area contributed by atoms with E-state index in [1.807, 2.05) is 139 Å². The topological polar surface area (TPSA) is 199 Å². The van der Waals surface area contributed by atoms with Crippen LogP contribution < -0.4 is 9.97 Å². The van der Waals surface area contributed by atoms with Crippen LogP contribution in [-0.2, 0) is 44.9 Å². The van der Waals surface area contributed by atoms with Crippen LogP contribution in [-0.4, -0.2) is 77.1 Å². The number of fused-ring (bicyclic) bond motifs is 20. The van der Waals surface area contributed by atoms with Crippen molar-refractivity contribution in [2.75, 3.05) is 14.2 Å². The van der Waals surface area contributed by atoms with E-state index in [4.69, 9.17) is 49.3 Å². The smallest absolute Gasteiger partial charge is 0.190 e. The number of rotatable bonds is 6. The number of ether oxygens (including phenoxy) is 2. The second kappa shape index (κ2) is 20.2. The number of carbonyl (C=O) groups excluding carboxylic acids is 2. The molecule has 354 valence electrons. The molecule has 0 fully saturated rings. The summed E-state index contributed by atoms with van der Waals surface area (Å²) in [6.45, 7) is 17.7. The zero-order valence-electron chi connectivity index (χ0n) is 41.0. The number of hydrogen-bond donors (Lipinski definition) is 2. The maximum Gasteiger partial charge on any atom is 0.190 e. The predicted molar refractivity (Wildman–Crippen MR) is 267 cm³/mol. The molecule has 7 aromatic rings. The summed E-state index contributed by atoms with van der Waals surface area (Å²) in [5.41, 5.74) is 3.22. The first-order chi connectivity index (χ1) is 32.0. The fourth-order valence-electron chi connectivity index (χ4n) is 6.69. The molecule has 8 bridgehead atoms. The maximum absolute atomic E-state index is 11.6. The summed E-state index contributed by atoms with van der Waals surface area (Å²) >= 11 is 0. The number of aliphatic hydroxyl groups excluding tert-OH is 2. The summed E-state index contributed by atoms with van der Waals surface area (Å²) < 4.78 is 10.0. The van der Waals surface area contributed by atoms with Gasteiger partial charge in [0.2, 0.25) is 0 Å². The Balaban J connectivity index is 0.000000225. The molecule has 4 aromatic carbocycles. The first-order valence-electron chi connectivity index (χ1n) is 22.1. The number of benzene rings is 4. The normalized spacial score (nSPS) is 12.8. The Morgan fingerprint density at radius 1 is 0.435 bits per heavy atom. The number of methoxy groups -OCH3 is 2. The Kier molecular flexibility index (Phi) is 15.2. The van der Waals surface area contributed by atoms with Gasteiger partial charge in [-0.15, -0.1) is 0 Å². The fourth-order valence-corrected chi connectivity index (χ4v) is 6.69. The molecular weight excluding hydrogens is 1040 g/mol. The molecule has 0 unspecified atom stereocenters. The Bertz CT molecular complexity index is 2940. The van der Waals surface area contributed by atoms with Gasteiger partial charge in [0.15, 0.2) is 11.6 Å². The van der Waals surface area contributed by atoms with Crippen molar-refractivity contribution in [3.8, 4) is 45.6 Å². The van der Waals surface area contributed by atoms with Crippen LogP contribution in [0.5, 0.6) is 0 Å². The van der Waals surface area contributed by atoms with Gasteiger partial charge in [0.1, 0.15) is 22.7 Å². The second-order valence-corrected chi connectivity index (χ2v) is 19.4. The van der Waals surface area contributed by atoms with E-state index in [9.17, 15) is 19.8 Å². The van der Waals surface area contributed by atoms with Gasteiger partial charge in [0.25, 0.3) is 0 Å². The van der Waals surface area contributed by atoms with Gasteiger partial charge in [-0.25, -0.2) is 9.97 Å². The van der Waals surface area contributed by atoms with E-state index in [-0.39, 0.29) is 48.9 Å². The predicted octanol–water partition coefficient (Wildman–Crippen LogP) is 11.1. The molecule has 0 radical (unpaired) electrons. The van der Waals surface area contributed by atoms with Crippen LogP contribution >= 0.6 is 0 Å². The van der Waals surface area contributed by atoms with E-state index in [1.165, 1.54) is 26.4 Å². The van der Waals surface area contributed by atoms with E-state index in [2.05, 4.69) is 0 Å². The third-order valence-corrected chi connectivity index (χ3v) is 11.6. The van der Waals surface area contributed by atoms with Crippen LogP contribution in [0.25, 0.3) is 89.7 Å².